The highest BCUT2D eigenvalue weighted by atomic mass is 15.3. The maximum absolute atomic E-state index is 4.65. The van der Waals surface area contributed by atoms with Crippen molar-refractivity contribution in [1.82, 2.24) is 15.1 Å². The van der Waals surface area contributed by atoms with Gasteiger partial charge in [0.2, 0.25) is 0 Å². The minimum absolute atomic E-state index is 0.277. The number of rotatable bonds is 6. The number of benzene rings is 1. The Labute approximate surface area is 128 Å². The van der Waals surface area contributed by atoms with Gasteiger partial charge < -0.3 is 5.32 Å². The Morgan fingerprint density at radius 3 is 2.29 bits per heavy atom. The van der Waals surface area contributed by atoms with E-state index in [-0.39, 0.29) is 12.1 Å². The van der Waals surface area contributed by atoms with Crippen molar-refractivity contribution in [3.8, 4) is 0 Å². The molecule has 114 valence electrons. The van der Waals surface area contributed by atoms with Crippen LogP contribution in [0.4, 0.5) is 0 Å². The van der Waals surface area contributed by atoms with Crippen molar-refractivity contribution >= 4 is 0 Å². The van der Waals surface area contributed by atoms with Gasteiger partial charge in [-0.15, -0.1) is 0 Å². The quantitative estimate of drug-likeness (QED) is 0.870. The van der Waals surface area contributed by atoms with Crippen LogP contribution in [0.15, 0.2) is 30.3 Å². The lowest BCUT2D eigenvalue weighted by Crippen LogP contribution is -2.29. The molecule has 2 atom stereocenters. The van der Waals surface area contributed by atoms with Crippen LogP contribution < -0.4 is 5.32 Å². The first-order valence-electron chi connectivity index (χ1n) is 7.91. The molecule has 0 bridgehead atoms. The maximum atomic E-state index is 4.65. The molecule has 2 rings (SSSR count). The lowest BCUT2D eigenvalue weighted by molar-refractivity contribution is 0.353. The summed E-state index contributed by atoms with van der Waals surface area (Å²) in [6.45, 7) is 11.7. The minimum Gasteiger partial charge on any atom is -0.308 e. The Hall–Kier alpha value is -1.61. The second-order valence-electron chi connectivity index (χ2n) is 5.74. The number of nitrogens with one attached hydrogen (secondary N) is 1. The van der Waals surface area contributed by atoms with E-state index in [1.165, 1.54) is 16.8 Å². The molecular formula is C18H27N3. The molecule has 1 N–H and O–H groups in total. The summed E-state index contributed by atoms with van der Waals surface area (Å²) in [7, 11) is 0. The van der Waals surface area contributed by atoms with Crippen LogP contribution >= 0.6 is 0 Å². The fourth-order valence-electron chi connectivity index (χ4n) is 2.95. The van der Waals surface area contributed by atoms with Crippen molar-refractivity contribution in [1.29, 1.82) is 0 Å². The summed E-state index contributed by atoms with van der Waals surface area (Å²) >= 11 is 0. The number of hydrogen-bond acceptors (Lipinski definition) is 2. The third kappa shape index (κ3) is 3.53. The molecular weight excluding hydrogens is 258 g/mol. The zero-order valence-electron chi connectivity index (χ0n) is 13.9. The topological polar surface area (TPSA) is 29.9 Å². The Morgan fingerprint density at radius 2 is 1.81 bits per heavy atom. The SMILES string of the molecule is CCNC(c1ccc(CC)cc1)C(C)n1nc(C)cc1C. The van der Waals surface area contributed by atoms with E-state index >= 15 is 0 Å². The minimum atomic E-state index is 0.277. The molecule has 0 spiro atoms. The Morgan fingerprint density at radius 1 is 1.14 bits per heavy atom. The summed E-state index contributed by atoms with van der Waals surface area (Å²) in [6.07, 6.45) is 1.08. The number of nitrogens with zero attached hydrogens (tertiary/aromatic N) is 2. The molecule has 3 heteroatoms. The van der Waals surface area contributed by atoms with Crippen molar-refractivity contribution in [2.75, 3.05) is 6.54 Å². The molecule has 0 saturated heterocycles. The summed E-state index contributed by atoms with van der Waals surface area (Å²) in [6, 6.07) is 11.6. The van der Waals surface area contributed by atoms with Gasteiger partial charge in [0.05, 0.1) is 17.8 Å². The molecule has 0 amide bonds. The van der Waals surface area contributed by atoms with Gasteiger partial charge >= 0.3 is 0 Å². The molecule has 1 heterocycles. The first-order valence-corrected chi connectivity index (χ1v) is 7.91. The zero-order valence-corrected chi connectivity index (χ0v) is 13.9. The van der Waals surface area contributed by atoms with Crippen LogP contribution in [0.5, 0.6) is 0 Å². The van der Waals surface area contributed by atoms with E-state index < -0.39 is 0 Å². The van der Waals surface area contributed by atoms with Crippen molar-refractivity contribution in [2.24, 2.45) is 0 Å². The zero-order chi connectivity index (χ0) is 15.4. The molecule has 0 saturated carbocycles. The van der Waals surface area contributed by atoms with Gasteiger partial charge in [-0.1, -0.05) is 38.1 Å². The molecule has 0 aliphatic carbocycles. The van der Waals surface area contributed by atoms with Crippen LogP contribution in [0.1, 0.15) is 55.4 Å². The highest BCUT2D eigenvalue weighted by Crippen LogP contribution is 2.27. The van der Waals surface area contributed by atoms with Crippen molar-refractivity contribution in [3.05, 3.63) is 52.8 Å². The fraction of sp³-hybridized carbons (Fsp3) is 0.500. The van der Waals surface area contributed by atoms with Crippen molar-refractivity contribution in [3.63, 3.8) is 0 Å². The van der Waals surface area contributed by atoms with Crippen LogP contribution in [0.25, 0.3) is 0 Å². The third-order valence-electron chi connectivity index (χ3n) is 4.08. The highest BCUT2D eigenvalue weighted by molar-refractivity contribution is 5.26. The van der Waals surface area contributed by atoms with E-state index in [1.54, 1.807) is 0 Å². The van der Waals surface area contributed by atoms with E-state index in [0.29, 0.717) is 0 Å². The van der Waals surface area contributed by atoms with E-state index in [1.807, 2.05) is 0 Å². The molecule has 0 aliphatic rings. The standard InChI is InChI=1S/C18H27N3/c1-6-16-8-10-17(11-9-16)18(19-7-2)15(5)21-14(4)12-13(3)20-21/h8-12,15,18-19H,6-7H2,1-5H3. The first kappa shape index (κ1) is 15.8. The van der Waals surface area contributed by atoms with Gasteiger partial charge in [0.15, 0.2) is 0 Å². The van der Waals surface area contributed by atoms with Crippen LogP contribution in [0.3, 0.4) is 0 Å². The molecule has 3 nitrogen and oxygen atoms in total. The van der Waals surface area contributed by atoms with E-state index in [2.05, 4.69) is 80.0 Å². The summed E-state index contributed by atoms with van der Waals surface area (Å²) in [5.41, 5.74) is 5.01. The van der Waals surface area contributed by atoms with E-state index in [0.717, 1.165) is 18.7 Å². The van der Waals surface area contributed by atoms with Crippen molar-refractivity contribution in [2.45, 2.75) is 53.1 Å². The van der Waals surface area contributed by atoms with Gasteiger partial charge in [0, 0.05) is 5.69 Å². The number of likely N-dealkylation sites (N-methyl/N-ethyl adjacent to an activating group) is 1. The predicted octanol–water partition coefficient (Wildman–Crippen LogP) is 3.97. The molecule has 2 aromatic rings. The number of aryl methyl sites for hydroxylation is 3. The molecule has 1 aromatic heterocycles. The normalized spacial score (nSPS) is 14.1. The molecule has 0 fully saturated rings. The predicted molar refractivity (Wildman–Crippen MR) is 88.6 cm³/mol. The second kappa shape index (κ2) is 6.90. The van der Waals surface area contributed by atoms with E-state index in [4.69, 9.17) is 0 Å². The average molecular weight is 285 g/mol. The van der Waals surface area contributed by atoms with Gasteiger partial charge in [-0.3, -0.25) is 4.68 Å². The van der Waals surface area contributed by atoms with Crippen LogP contribution in [0.2, 0.25) is 0 Å². The average Bonchev–Trinajstić information content (AvgIpc) is 2.83. The van der Waals surface area contributed by atoms with Crippen LogP contribution in [-0.4, -0.2) is 16.3 Å². The lowest BCUT2D eigenvalue weighted by Gasteiger charge is -2.27. The van der Waals surface area contributed by atoms with E-state index in [9.17, 15) is 0 Å². The summed E-state index contributed by atoms with van der Waals surface area (Å²) in [5.74, 6) is 0. The molecule has 2 unspecified atom stereocenters. The second-order valence-corrected chi connectivity index (χ2v) is 5.74. The Balaban J connectivity index is 2.30. The van der Waals surface area contributed by atoms with Gasteiger partial charge in [0.1, 0.15) is 0 Å². The smallest absolute Gasteiger partial charge is 0.0688 e. The van der Waals surface area contributed by atoms with Crippen LogP contribution in [0, 0.1) is 13.8 Å². The van der Waals surface area contributed by atoms with Crippen LogP contribution in [-0.2, 0) is 6.42 Å². The molecule has 21 heavy (non-hydrogen) atoms. The summed E-state index contributed by atoms with van der Waals surface area (Å²) < 4.78 is 2.14. The monoisotopic (exact) mass is 285 g/mol. The largest absolute Gasteiger partial charge is 0.308 e. The molecule has 0 aliphatic heterocycles. The lowest BCUT2D eigenvalue weighted by atomic mass is 9.98. The Bertz CT molecular complexity index is 569. The molecule has 0 radical (unpaired) electrons. The highest BCUT2D eigenvalue weighted by Gasteiger charge is 2.21. The van der Waals surface area contributed by atoms with Gasteiger partial charge in [0.25, 0.3) is 0 Å². The number of hydrogen-bond donors (Lipinski definition) is 1. The number of aromatic nitrogens is 2. The third-order valence-corrected chi connectivity index (χ3v) is 4.08. The Kier molecular flexibility index (Phi) is 5.18. The summed E-state index contributed by atoms with van der Waals surface area (Å²) in [5, 5.41) is 8.26. The first-order chi connectivity index (χ1) is 10.1. The van der Waals surface area contributed by atoms with Gasteiger partial charge in [-0.2, -0.15) is 5.10 Å². The fourth-order valence-corrected chi connectivity index (χ4v) is 2.95. The maximum Gasteiger partial charge on any atom is 0.0688 e. The summed E-state index contributed by atoms with van der Waals surface area (Å²) in [4.78, 5) is 0. The molecule has 1 aromatic carbocycles. The van der Waals surface area contributed by atoms with Gasteiger partial charge in [-0.25, -0.2) is 0 Å². The van der Waals surface area contributed by atoms with Crippen molar-refractivity contribution < 1.29 is 0 Å². The van der Waals surface area contributed by atoms with Gasteiger partial charge in [-0.05, 0) is 50.9 Å².